The van der Waals surface area contributed by atoms with E-state index in [4.69, 9.17) is 0 Å². The number of aliphatic carboxylic acids is 2. The van der Waals surface area contributed by atoms with Crippen LogP contribution in [-0.4, -0.2) is 46.0 Å². The summed E-state index contributed by atoms with van der Waals surface area (Å²) in [5.74, 6) is -4.34. The molecule has 1 saturated carbocycles. The van der Waals surface area contributed by atoms with E-state index in [1.54, 1.807) is 0 Å². The van der Waals surface area contributed by atoms with Crippen LogP contribution in [0.4, 0.5) is 8.78 Å². The molecule has 2 N–H and O–H groups in total. The fourth-order valence-corrected chi connectivity index (χ4v) is 3.59. The Labute approximate surface area is 135 Å². The molecular formula is C16H15F2NO5. The standard InChI is InChI=1S/C16H15F2NO5/c17-10-3-1-9(11(18)5-10)2-4-12(20)19-7-15(13(21)22)6-16(15,8-19)14(23)24/h1,3,5H,2,4,6-8H2,(H,21,22)(H,23,24)/t15-,16+. The third-order valence-electron chi connectivity index (χ3n) is 5.11. The molecule has 1 aliphatic carbocycles. The quantitative estimate of drug-likeness (QED) is 0.843. The summed E-state index contributed by atoms with van der Waals surface area (Å²) in [5, 5.41) is 18.6. The van der Waals surface area contributed by atoms with Crippen molar-refractivity contribution < 1.29 is 33.4 Å². The van der Waals surface area contributed by atoms with Crippen LogP contribution in [0.3, 0.4) is 0 Å². The Balaban J connectivity index is 1.67. The van der Waals surface area contributed by atoms with Crippen LogP contribution in [0.15, 0.2) is 18.2 Å². The number of carboxylic acids is 2. The van der Waals surface area contributed by atoms with Crippen LogP contribution in [0.1, 0.15) is 18.4 Å². The molecule has 6 nitrogen and oxygen atoms in total. The van der Waals surface area contributed by atoms with Crippen LogP contribution in [0, 0.1) is 22.5 Å². The largest absolute Gasteiger partial charge is 0.481 e. The van der Waals surface area contributed by atoms with Crippen LogP contribution in [0.2, 0.25) is 0 Å². The van der Waals surface area contributed by atoms with Gasteiger partial charge in [0.15, 0.2) is 0 Å². The Morgan fingerprint density at radius 2 is 1.67 bits per heavy atom. The van der Waals surface area contributed by atoms with E-state index in [9.17, 15) is 33.4 Å². The molecule has 1 aromatic rings. The van der Waals surface area contributed by atoms with Crippen LogP contribution in [-0.2, 0) is 20.8 Å². The van der Waals surface area contributed by atoms with Crippen molar-refractivity contribution in [2.45, 2.75) is 19.3 Å². The Bertz CT molecular complexity index is 724. The van der Waals surface area contributed by atoms with Crippen LogP contribution < -0.4 is 0 Å². The number of carbonyl (C=O) groups excluding carboxylic acids is 1. The highest BCUT2D eigenvalue weighted by Crippen LogP contribution is 2.68. The number of carbonyl (C=O) groups is 3. The lowest BCUT2D eigenvalue weighted by atomic mass is 9.97. The maximum Gasteiger partial charge on any atom is 0.312 e. The molecule has 128 valence electrons. The van der Waals surface area contributed by atoms with Crippen molar-refractivity contribution in [1.82, 2.24) is 4.90 Å². The van der Waals surface area contributed by atoms with Gasteiger partial charge in [0, 0.05) is 25.6 Å². The van der Waals surface area contributed by atoms with E-state index in [0.29, 0.717) is 0 Å². The van der Waals surface area contributed by atoms with Gasteiger partial charge in [0.2, 0.25) is 5.91 Å². The predicted octanol–water partition coefficient (Wildman–Crippen LogP) is 1.29. The highest BCUT2D eigenvalue weighted by atomic mass is 19.1. The predicted molar refractivity (Wildman–Crippen MR) is 76.0 cm³/mol. The van der Waals surface area contributed by atoms with Gasteiger partial charge in [0.05, 0.1) is 0 Å². The van der Waals surface area contributed by atoms with Gasteiger partial charge in [-0.15, -0.1) is 0 Å². The Hall–Kier alpha value is -2.51. The fraction of sp³-hybridized carbons (Fsp3) is 0.438. The maximum atomic E-state index is 13.6. The number of piperidine rings is 1. The zero-order valence-corrected chi connectivity index (χ0v) is 12.6. The molecule has 3 rings (SSSR count). The molecule has 1 saturated heterocycles. The summed E-state index contributed by atoms with van der Waals surface area (Å²) < 4.78 is 26.4. The second kappa shape index (κ2) is 5.25. The first kappa shape index (κ1) is 16.4. The Morgan fingerprint density at radius 1 is 1.08 bits per heavy atom. The van der Waals surface area contributed by atoms with Gasteiger partial charge in [-0.1, -0.05) is 6.07 Å². The van der Waals surface area contributed by atoms with E-state index in [2.05, 4.69) is 0 Å². The van der Waals surface area contributed by atoms with Crippen molar-refractivity contribution in [2.75, 3.05) is 13.1 Å². The summed E-state index contributed by atoms with van der Waals surface area (Å²) in [5.41, 5.74) is -2.67. The number of rotatable bonds is 5. The molecule has 2 fully saturated rings. The Morgan fingerprint density at radius 3 is 2.17 bits per heavy atom. The molecule has 2 atom stereocenters. The lowest BCUT2D eigenvalue weighted by molar-refractivity contribution is -0.151. The van der Waals surface area contributed by atoms with Crippen LogP contribution in [0.25, 0.3) is 0 Å². The van der Waals surface area contributed by atoms with E-state index in [-0.39, 0.29) is 37.9 Å². The minimum absolute atomic E-state index is 0.0149. The first-order valence-corrected chi connectivity index (χ1v) is 7.40. The number of halogens is 2. The minimum Gasteiger partial charge on any atom is -0.481 e. The third kappa shape index (κ3) is 2.24. The van der Waals surface area contributed by atoms with E-state index >= 15 is 0 Å². The first-order chi connectivity index (χ1) is 11.2. The van der Waals surface area contributed by atoms with Crippen molar-refractivity contribution in [1.29, 1.82) is 0 Å². The second-order valence-electron chi connectivity index (χ2n) is 6.44. The van der Waals surface area contributed by atoms with Crippen LogP contribution in [0.5, 0.6) is 0 Å². The highest BCUT2D eigenvalue weighted by molar-refractivity contribution is 5.96. The Kier molecular flexibility index (Phi) is 3.58. The van der Waals surface area contributed by atoms with Crippen molar-refractivity contribution in [3.8, 4) is 0 Å². The summed E-state index contributed by atoms with van der Waals surface area (Å²) in [6.07, 6.45) is -0.0590. The van der Waals surface area contributed by atoms with Gasteiger partial charge in [-0.2, -0.15) is 0 Å². The third-order valence-corrected chi connectivity index (χ3v) is 5.11. The van der Waals surface area contributed by atoms with Crippen molar-refractivity contribution in [2.24, 2.45) is 10.8 Å². The first-order valence-electron chi connectivity index (χ1n) is 7.40. The summed E-state index contributed by atoms with van der Waals surface area (Å²) in [7, 11) is 0. The molecule has 0 radical (unpaired) electrons. The van der Waals surface area contributed by atoms with E-state index in [1.165, 1.54) is 11.0 Å². The molecule has 1 amide bonds. The van der Waals surface area contributed by atoms with Gasteiger partial charge in [0.1, 0.15) is 22.5 Å². The molecule has 0 spiro atoms. The SMILES string of the molecule is O=C(CCc1ccc(F)cc1F)N1C[C@@]2(C(=O)O)C[C@@]2(C(=O)O)C1. The molecule has 0 bridgehead atoms. The molecule has 1 heterocycles. The van der Waals surface area contributed by atoms with Gasteiger partial charge in [-0.25, -0.2) is 8.78 Å². The fourth-order valence-electron chi connectivity index (χ4n) is 3.59. The zero-order chi connectivity index (χ0) is 17.7. The number of amides is 1. The average molecular weight is 339 g/mol. The normalized spacial score (nSPS) is 27.7. The lowest BCUT2D eigenvalue weighted by Gasteiger charge is -2.20. The number of benzene rings is 1. The van der Waals surface area contributed by atoms with Gasteiger partial charge < -0.3 is 15.1 Å². The number of likely N-dealkylation sites (tertiary alicyclic amines) is 1. The number of carboxylic acid groups (broad SMARTS) is 2. The zero-order valence-electron chi connectivity index (χ0n) is 12.6. The summed E-state index contributed by atoms with van der Waals surface area (Å²) in [6.45, 7) is -0.307. The van der Waals surface area contributed by atoms with Gasteiger partial charge in [0.25, 0.3) is 0 Å². The maximum absolute atomic E-state index is 13.6. The minimum atomic E-state index is -1.42. The molecular weight excluding hydrogens is 324 g/mol. The van der Waals surface area contributed by atoms with Crippen molar-refractivity contribution in [3.05, 3.63) is 35.4 Å². The number of hydrogen-bond acceptors (Lipinski definition) is 3. The molecule has 1 aliphatic heterocycles. The highest BCUT2D eigenvalue weighted by Gasteiger charge is 2.81. The molecule has 8 heteroatoms. The molecule has 2 aliphatic rings. The van der Waals surface area contributed by atoms with E-state index < -0.39 is 40.3 Å². The van der Waals surface area contributed by atoms with Gasteiger partial charge in [-0.05, 0) is 24.5 Å². The lowest BCUT2D eigenvalue weighted by Crippen LogP contribution is -2.34. The summed E-state index contributed by atoms with van der Waals surface area (Å²) >= 11 is 0. The molecule has 1 aromatic carbocycles. The molecule has 0 unspecified atom stereocenters. The number of aryl methyl sites for hydroxylation is 1. The van der Waals surface area contributed by atoms with Crippen molar-refractivity contribution >= 4 is 17.8 Å². The summed E-state index contributed by atoms with van der Waals surface area (Å²) in [4.78, 5) is 36.3. The van der Waals surface area contributed by atoms with E-state index in [1.807, 2.05) is 0 Å². The van der Waals surface area contributed by atoms with E-state index in [0.717, 1.165) is 12.1 Å². The van der Waals surface area contributed by atoms with Crippen molar-refractivity contribution in [3.63, 3.8) is 0 Å². The number of fused-ring (bicyclic) bond motifs is 1. The summed E-state index contributed by atoms with van der Waals surface area (Å²) in [6, 6.07) is 3.06. The van der Waals surface area contributed by atoms with Crippen LogP contribution >= 0.6 is 0 Å². The molecule has 24 heavy (non-hydrogen) atoms. The average Bonchev–Trinajstić information content (AvgIpc) is 3.05. The molecule has 0 aromatic heterocycles. The smallest absolute Gasteiger partial charge is 0.312 e. The number of nitrogens with zero attached hydrogens (tertiary/aromatic N) is 1. The van der Waals surface area contributed by atoms with Gasteiger partial charge in [-0.3, -0.25) is 14.4 Å². The monoisotopic (exact) mass is 339 g/mol. The van der Waals surface area contributed by atoms with Gasteiger partial charge >= 0.3 is 11.9 Å². The topological polar surface area (TPSA) is 94.9 Å². The number of hydrogen-bond donors (Lipinski definition) is 2. The second-order valence-corrected chi connectivity index (χ2v) is 6.44.